The number of amidine groups is 1. The van der Waals surface area contributed by atoms with E-state index in [-0.39, 0.29) is 18.0 Å². The average Bonchev–Trinajstić information content (AvgIpc) is 3.23. The molecule has 4 aromatic rings. The van der Waals surface area contributed by atoms with Crippen LogP contribution in [-0.4, -0.2) is 27.1 Å². The molecule has 4 aromatic carbocycles. The van der Waals surface area contributed by atoms with Crippen molar-refractivity contribution in [3.05, 3.63) is 134 Å². The Labute approximate surface area is 245 Å². The summed E-state index contributed by atoms with van der Waals surface area (Å²) in [4.78, 5) is 31.9. The van der Waals surface area contributed by atoms with Crippen molar-refractivity contribution in [1.82, 2.24) is 4.90 Å². The summed E-state index contributed by atoms with van der Waals surface area (Å²) in [5, 5.41) is 9.77. The molecule has 1 aliphatic heterocycles. The summed E-state index contributed by atoms with van der Waals surface area (Å²) in [6.07, 6.45) is 1.83. The highest BCUT2D eigenvalue weighted by atomic mass is 79.9. The number of para-hydroxylation sites is 1. The largest absolute Gasteiger partial charge is 0.488 e. The first-order valence-electron chi connectivity index (χ1n) is 12.5. The van der Waals surface area contributed by atoms with Crippen molar-refractivity contribution in [3.63, 3.8) is 0 Å². The second kappa shape index (κ2) is 12.4. The molecule has 6 nitrogen and oxygen atoms in total. The van der Waals surface area contributed by atoms with Gasteiger partial charge in [0.15, 0.2) is 5.17 Å². The van der Waals surface area contributed by atoms with Gasteiger partial charge in [0.25, 0.3) is 5.91 Å². The minimum Gasteiger partial charge on any atom is -0.488 e. The number of hydrogen-bond acceptors (Lipinski definition) is 5. The highest BCUT2D eigenvalue weighted by Crippen LogP contribution is 2.37. The molecule has 0 unspecified atom stereocenters. The Hall–Kier alpha value is -4.14. The number of carboxylic acids is 1. The van der Waals surface area contributed by atoms with Gasteiger partial charge in [0.1, 0.15) is 12.4 Å². The van der Waals surface area contributed by atoms with Gasteiger partial charge in [-0.05, 0) is 78.4 Å². The molecule has 0 aliphatic carbocycles. The average molecular weight is 614 g/mol. The van der Waals surface area contributed by atoms with Gasteiger partial charge in [-0.3, -0.25) is 9.69 Å². The van der Waals surface area contributed by atoms with Crippen LogP contribution in [0.25, 0.3) is 6.08 Å². The molecule has 1 fully saturated rings. The normalized spacial score (nSPS) is 15.2. The number of carboxylic acid groups (broad SMARTS) is 1. The van der Waals surface area contributed by atoms with Crippen molar-refractivity contribution in [2.24, 2.45) is 4.99 Å². The Morgan fingerprint density at radius 1 is 0.975 bits per heavy atom. The van der Waals surface area contributed by atoms with E-state index in [4.69, 9.17) is 9.73 Å². The lowest BCUT2D eigenvalue weighted by Crippen LogP contribution is -2.28. The van der Waals surface area contributed by atoms with E-state index in [0.29, 0.717) is 22.4 Å². The number of halogens is 1. The van der Waals surface area contributed by atoms with Gasteiger partial charge in [-0.25, -0.2) is 9.79 Å². The van der Waals surface area contributed by atoms with Crippen LogP contribution in [0.3, 0.4) is 0 Å². The molecule has 0 bridgehead atoms. The fraction of sp³-hybridized carbons (Fsp3) is 0.0938. The fourth-order valence-electron chi connectivity index (χ4n) is 4.03. The van der Waals surface area contributed by atoms with Gasteiger partial charge < -0.3 is 9.84 Å². The molecular weight excluding hydrogens is 588 g/mol. The summed E-state index contributed by atoms with van der Waals surface area (Å²) in [7, 11) is 0. The summed E-state index contributed by atoms with van der Waals surface area (Å²) < 4.78 is 7.03. The van der Waals surface area contributed by atoms with Gasteiger partial charge in [0.05, 0.1) is 22.7 Å². The zero-order valence-electron chi connectivity index (χ0n) is 21.6. The Kier molecular flexibility index (Phi) is 8.48. The van der Waals surface area contributed by atoms with E-state index in [9.17, 15) is 14.7 Å². The van der Waals surface area contributed by atoms with Crippen molar-refractivity contribution in [2.45, 2.75) is 20.1 Å². The minimum absolute atomic E-state index is 0.188. The van der Waals surface area contributed by atoms with Crippen LogP contribution in [0.15, 0.2) is 111 Å². The van der Waals surface area contributed by atoms with Crippen LogP contribution in [0, 0.1) is 6.92 Å². The number of ether oxygens (including phenoxy) is 1. The van der Waals surface area contributed by atoms with Crippen LogP contribution in [0.1, 0.15) is 32.6 Å². The SMILES string of the molecule is Cc1ccc(COc2ccc(Br)cc2/C=C2\SC(=Nc3ccccc3)N(Cc3ccc(C(=O)O)cc3)C2=O)cc1. The second-order valence-corrected chi connectivity index (χ2v) is 11.1. The van der Waals surface area contributed by atoms with Gasteiger partial charge in [-0.2, -0.15) is 0 Å². The van der Waals surface area contributed by atoms with Crippen LogP contribution in [0.5, 0.6) is 5.75 Å². The maximum Gasteiger partial charge on any atom is 0.335 e. The predicted octanol–water partition coefficient (Wildman–Crippen LogP) is 7.84. The van der Waals surface area contributed by atoms with Gasteiger partial charge in [-0.15, -0.1) is 0 Å². The molecule has 1 amide bonds. The molecule has 0 radical (unpaired) electrons. The molecule has 1 heterocycles. The molecule has 1 saturated heterocycles. The zero-order chi connectivity index (χ0) is 28.1. The van der Waals surface area contributed by atoms with Crippen LogP contribution >= 0.6 is 27.7 Å². The second-order valence-electron chi connectivity index (χ2n) is 9.19. The molecule has 1 aliphatic rings. The summed E-state index contributed by atoms with van der Waals surface area (Å²) in [5.74, 6) is -0.522. The maximum atomic E-state index is 13.7. The first kappa shape index (κ1) is 27.4. The third kappa shape index (κ3) is 6.70. The highest BCUT2D eigenvalue weighted by Gasteiger charge is 2.34. The predicted molar refractivity (Wildman–Crippen MR) is 163 cm³/mol. The van der Waals surface area contributed by atoms with Crippen LogP contribution < -0.4 is 4.74 Å². The molecule has 40 heavy (non-hydrogen) atoms. The number of aromatic carboxylic acids is 1. The molecule has 0 spiro atoms. The van der Waals surface area contributed by atoms with E-state index < -0.39 is 5.97 Å². The third-order valence-electron chi connectivity index (χ3n) is 6.18. The first-order chi connectivity index (χ1) is 19.4. The molecule has 0 aromatic heterocycles. The van der Waals surface area contributed by atoms with Crippen LogP contribution in [-0.2, 0) is 17.9 Å². The zero-order valence-corrected chi connectivity index (χ0v) is 24.0. The van der Waals surface area contributed by atoms with Crippen molar-refractivity contribution in [3.8, 4) is 5.75 Å². The van der Waals surface area contributed by atoms with Crippen LogP contribution in [0.4, 0.5) is 5.69 Å². The number of aryl methyl sites for hydroxylation is 1. The number of carbonyl (C=O) groups is 2. The van der Waals surface area contributed by atoms with E-state index in [1.807, 2.05) is 85.8 Å². The Bertz CT molecular complexity index is 1600. The van der Waals surface area contributed by atoms with Crippen LogP contribution in [0.2, 0.25) is 0 Å². The summed E-state index contributed by atoms with van der Waals surface area (Å²) in [6, 6.07) is 29.9. The van der Waals surface area contributed by atoms with Gasteiger partial charge in [0, 0.05) is 10.0 Å². The highest BCUT2D eigenvalue weighted by molar-refractivity contribution is 9.10. The number of aliphatic imine (C=N–C) groups is 1. The molecule has 5 rings (SSSR count). The smallest absolute Gasteiger partial charge is 0.335 e. The Morgan fingerprint density at radius 3 is 2.38 bits per heavy atom. The van der Waals surface area contributed by atoms with Gasteiger partial charge in [-0.1, -0.05) is 76.1 Å². The third-order valence-corrected chi connectivity index (χ3v) is 7.68. The Balaban J connectivity index is 1.45. The topological polar surface area (TPSA) is 79.2 Å². The monoisotopic (exact) mass is 612 g/mol. The minimum atomic E-state index is -0.995. The van der Waals surface area contributed by atoms with Crippen molar-refractivity contribution in [1.29, 1.82) is 0 Å². The maximum absolute atomic E-state index is 13.7. The number of carbonyl (C=O) groups excluding carboxylic acids is 1. The summed E-state index contributed by atoms with van der Waals surface area (Å²) >= 11 is 4.84. The van der Waals surface area contributed by atoms with E-state index in [1.54, 1.807) is 17.0 Å². The van der Waals surface area contributed by atoms with Crippen molar-refractivity contribution >= 4 is 56.5 Å². The van der Waals surface area contributed by atoms with E-state index in [0.717, 1.165) is 26.9 Å². The summed E-state index contributed by atoms with van der Waals surface area (Å²) in [6.45, 7) is 2.70. The van der Waals surface area contributed by atoms with E-state index in [2.05, 4.69) is 15.9 Å². The lowest BCUT2D eigenvalue weighted by atomic mass is 10.1. The van der Waals surface area contributed by atoms with Crippen molar-refractivity contribution in [2.75, 3.05) is 0 Å². The number of benzene rings is 4. The number of hydrogen-bond donors (Lipinski definition) is 1. The Morgan fingerprint density at radius 2 is 1.68 bits per heavy atom. The standard InChI is InChI=1S/C32H25BrN2O4S/c1-21-7-9-23(10-8-21)20-39-28-16-15-26(33)17-25(28)18-29-30(36)35(19-22-11-13-24(14-12-22)31(37)38)32(40-29)34-27-5-3-2-4-6-27/h2-18H,19-20H2,1H3,(H,37,38)/b29-18-,34-32?. The fourth-order valence-corrected chi connectivity index (χ4v) is 5.40. The first-order valence-corrected chi connectivity index (χ1v) is 14.1. The lowest BCUT2D eigenvalue weighted by Gasteiger charge is -2.16. The quantitative estimate of drug-likeness (QED) is 0.205. The van der Waals surface area contributed by atoms with Gasteiger partial charge >= 0.3 is 5.97 Å². The lowest BCUT2D eigenvalue weighted by molar-refractivity contribution is -0.122. The molecule has 200 valence electrons. The molecule has 1 N–H and O–H groups in total. The molecule has 8 heteroatoms. The van der Waals surface area contributed by atoms with Gasteiger partial charge in [0.2, 0.25) is 0 Å². The molecule has 0 atom stereocenters. The number of nitrogens with zero attached hydrogens (tertiary/aromatic N) is 2. The van der Waals surface area contributed by atoms with E-state index >= 15 is 0 Å². The number of amides is 1. The molecule has 0 saturated carbocycles. The van der Waals surface area contributed by atoms with E-state index in [1.165, 1.54) is 29.5 Å². The summed E-state index contributed by atoms with van der Waals surface area (Å²) in [5.41, 5.74) is 4.72. The molecular formula is C32H25BrN2O4S. The number of thioether (sulfide) groups is 1. The number of rotatable bonds is 8. The van der Waals surface area contributed by atoms with Crippen molar-refractivity contribution < 1.29 is 19.4 Å².